The van der Waals surface area contributed by atoms with Crippen LogP contribution in [0.2, 0.25) is 0 Å². The summed E-state index contributed by atoms with van der Waals surface area (Å²) in [6, 6.07) is 9.76. The van der Waals surface area contributed by atoms with Gasteiger partial charge in [-0.2, -0.15) is 0 Å². The van der Waals surface area contributed by atoms with Crippen molar-refractivity contribution >= 4 is 17.6 Å². The Labute approximate surface area is 117 Å². The van der Waals surface area contributed by atoms with Crippen LogP contribution in [0.25, 0.3) is 0 Å². The van der Waals surface area contributed by atoms with Gasteiger partial charge in [-0.3, -0.25) is 4.79 Å². The Hall–Kier alpha value is -2.10. The molecule has 0 aliphatic heterocycles. The Morgan fingerprint density at radius 3 is 2.30 bits per heavy atom. The number of para-hydroxylation sites is 1. The summed E-state index contributed by atoms with van der Waals surface area (Å²) in [5.74, 6) is -1.07. The van der Waals surface area contributed by atoms with Gasteiger partial charge in [0, 0.05) is 22.9 Å². The molecule has 0 bridgehead atoms. The molecule has 1 saturated carbocycles. The smallest absolute Gasteiger partial charge is 0.332 e. The van der Waals surface area contributed by atoms with Crippen LogP contribution in [-0.2, 0) is 9.59 Å². The van der Waals surface area contributed by atoms with E-state index in [4.69, 9.17) is 0 Å². The third kappa shape index (κ3) is 2.33. The molecule has 4 heteroatoms. The summed E-state index contributed by atoms with van der Waals surface area (Å²) in [6.07, 6.45) is 3.84. The molecule has 1 amide bonds. The maximum Gasteiger partial charge on any atom is 0.332 e. The normalized spacial score (nSPS) is 18.2. The van der Waals surface area contributed by atoms with Crippen molar-refractivity contribution in [1.29, 1.82) is 0 Å². The third-order valence-electron chi connectivity index (χ3n) is 3.90. The molecular formula is C16H17NO3. The van der Waals surface area contributed by atoms with Gasteiger partial charge in [0.15, 0.2) is 0 Å². The second-order valence-electron chi connectivity index (χ2n) is 5.36. The Bertz CT molecular complexity index is 573. The number of benzene rings is 1. The van der Waals surface area contributed by atoms with Crippen molar-refractivity contribution in [3.05, 3.63) is 41.5 Å². The lowest BCUT2D eigenvalue weighted by atomic mass is 10.1. The number of nitrogens with zero attached hydrogens (tertiary/aromatic N) is 1. The second-order valence-corrected chi connectivity index (χ2v) is 5.36. The fraction of sp³-hybridized carbons (Fsp3) is 0.375. The van der Waals surface area contributed by atoms with Crippen molar-refractivity contribution < 1.29 is 14.7 Å². The number of amides is 1. The van der Waals surface area contributed by atoms with E-state index in [1.807, 2.05) is 30.3 Å². The minimum atomic E-state index is -0.949. The SMILES string of the molecule is O=C(O)C1=C(C(=O)N(c2ccccc2)C2CC2)CCC1. The first-order valence-electron chi connectivity index (χ1n) is 7.02. The number of carboxylic acid groups (broad SMARTS) is 1. The quantitative estimate of drug-likeness (QED) is 0.916. The van der Waals surface area contributed by atoms with E-state index < -0.39 is 5.97 Å². The van der Waals surface area contributed by atoms with Crippen LogP contribution in [0, 0.1) is 0 Å². The third-order valence-corrected chi connectivity index (χ3v) is 3.90. The van der Waals surface area contributed by atoms with E-state index in [0.717, 1.165) is 24.9 Å². The molecule has 2 aliphatic carbocycles. The molecule has 4 nitrogen and oxygen atoms in total. The van der Waals surface area contributed by atoms with Gasteiger partial charge in [0.05, 0.1) is 0 Å². The van der Waals surface area contributed by atoms with Crippen LogP contribution >= 0.6 is 0 Å². The highest BCUT2D eigenvalue weighted by Crippen LogP contribution is 2.36. The van der Waals surface area contributed by atoms with E-state index in [1.165, 1.54) is 0 Å². The van der Waals surface area contributed by atoms with Crippen LogP contribution in [0.15, 0.2) is 41.5 Å². The van der Waals surface area contributed by atoms with Crippen LogP contribution < -0.4 is 4.90 Å². The molecule has 1 fully saturated rings. The van der Waals surface area contributed by atoms with E-state index in [9.17, 15) is 14.7 Å². The average Bonchev–Trinajstić information content (AvgIpc) is 3.15. The van der Waals surface area contributed by atoms with E-state index >= 15 is 0 Å². The van der Waals surface area contributed by atoms with Gasteiger partial charge < -0.3 is 10.0 Å². The molecule has 0 heterocycles. The first-order valence-corrected chi connectivity index (χ1v) is 7.02. The summed E-state index contributed by atoms with van der Waals surface area (Å²) in [5.41, 5.74) is 1.66. The summed E-state index contributed by atoms with van der Waals surface area (Å²) in [5, 5.41) is 9.21. The Kier molecular flexibility index (Phi) is 3.30. The molecule has 20 heavy (non-hydrogen) atoms. The minimum Gasteiger partial charge on any atom is -0.478 e. The molecule has 2 aliphatic rings. The van der Waals surface area contributed by atoms with Crippen molar-refractivity contribution in [3.63, 3.8) is 0 Å². The van der Waals surface area contributed by atoms with Gasteiger partial charge in [-0.05, 0) is 44.2 Å². The highest BCUT2D eigenvalue weighted by atomic mass is 16.4. The van der Waals surface area contributed by atoms with Gasteiger partial charge in [-0.25, -0.2) is 4.79 Å². The number of aliphatic carboxylic acids is 1. The summed E-state index contributed by atoms with van der Waals surface area (Å²) in [6.45, 7) is 0. The van der Waals surface area contributed by atoms with Gasteiger partial charge in [0.1, 0.15) is 0 Å². The fourth-order valence-corrected chi connectivity index (χ4v) is 2.78. The Morgan fingerprint density at radius 1 is 1.05 bits per heavy atom. The highest BCUT2D eigenvalue weighted by molar-refractivity contribution is 6.11. The van der Waals surface area contributed by atoms with E-state index in [2.05, 4.69) is 0 Å². The Morgan fingerprint density at radius 2 is 1.70 bits per heavy atom. The van der Waals surface area contributed by atoms with Crippen molar-refractivity contribution in [2.75, 3.05) is 4.90 Å². The van der Waals surface area contributed by atoms with Crippen molar-refractivity contribution in [2.24, 2.45) is 0 Å². The molecule has 1 aromatic carbocycles. The molecule has 104 valence electrons. The van der Waals surface area contributed by atoms with Crippen LogP contribution in [0.1, 0.15) is 32.1 Å². The van der Waals surface area contributed by atoms with Gasteiger partial charge in [-0.15, -0.1) is 0 Å². The lowest BCUT2D eigenvalue weighted by molar-refractivity contribution is -0.133. The maximum atomic E-state index is 12.7. The van der Waals surface area contributed by atoms with Crippen LogP contribution in [0.5, 0.6) is 0 Å². The average molecular weight is 271 g/mol. The summed E-state index contributed by atoms with van der Waals surface area (Å²) in [4.78, 5) is 25.8. The zero-order chi connectivity index (χ0) is 14.1. The molecule has 0 saturated heterocycles. The number of hydrogen-bond donors (Lipinski definition) is 1. The molecule has 0 aromatic heterocycles. The minimum absolute atomic E-state index is 0.117. The summed E-state index contributed by atoms with van der Waals surface area (Å²) in [7, 11) is 0. The van der Waals surface area contributed by atoms with Gasteiger partial charge in [0.25, 0.3) is 5.91 Å². The number of hydrogen-bond acceptors (Lipinski definition) is 2. The predicted octanol–water partition coefficient (Wildman–Crippen LogP) is 2.75. The molecule has 0 spiro atoms. The molecule has 1 N–H and O–H groups in total. The standard InChI is InChI=1S/C16H17NO3/c18-15(13-7-4-8-14(13)16(19)20)17(12-9-10-12)11-5-2-1-3-6-11/h1-3,5-6,12H,4,7-10H2,(H,19,20). The van der Waals surface area contributed by atoms with E-state index in [1.54, 1.807) is 4.90 Å². The molecule has 0 radical (unpaired) electrons. The predicted molar refractivity (Wildman–Crippen MR) is 75.5 cm³/mol. The number of carbonyl (C=O) groups is 2. The monoisotopic (exact) mass is 271 g/mol. The first kappa shape index (κ1) is 12.9. The van der Waals surface area contributed by atoms with Gasteiger partial charge in [0.2, 0.25) is 0 Å². The summed E-state index contributed by atoms with van der Waals surface area (Å²) < 4.78 is 0. The number of carbonyl (C=O) groups excluding carboxylic acids is 1. The first-order chi connectivity index (χ1) is 9.68. The lowest BCUT2D eigenvalue weighted by Crippen LogP contribution is -2.34. The van der Waals surface area contributed by atoms with Crippen molar-refractivity contribution in [1.82, 2.24) is 0 Å². The molecular weight excluding hydrogens is 254 g/mol. The van der Waals surface area contributed by atoms with Crippen molar-refractivity contribution in [3.8, 4) is 0 Å². The maximum absolute atomic E-state index is 12.7. The van der Waals surface area contributed by atoms with Gasteiger partial charge >= 0.3 is 5.97 Å². The Balaban J connectivity index is 1.95. The molecule has 0 atom stereocenters. The fourth-order valence-electron chi connectivity index (χ4n) is 2.78. The van der Waals surface area contributed by atoms with E-state index in [0.29, 0.717) is 24.0 Å². The van der Waals surface area contributed by atoms with Crippen LogP contribution in [0.3, 0.4) is 0 Å². The van der Waals surface area contributed by atoms with Gasteiger partial charge in [-0.1, -0.05) is 18.2 Å². The highest BCUT2D eigenvalue weighted by Gasteiger charge is 2.37. The summed E-state index contributed by atoms with van der Waals surface area (Å²) >= 11 is 0. The number of carboxylic acids is 1. The second kappa shape index (κ2) is 5.12. The lowest BCUT2D eigenvalue weighted by Gasteiger charge is -2.23. The number of anilines is 1. The van der Waals surface area contributed by atoms with E-state index in [-0.39, 0.29) is 11.9 Å². The zero-order valence-corrected chi connectivity index (χ0v) is 11.2. The topological polar surface area (TPSA) is 57.6 Å². The van der Waals surface area contributed by atoms with Crippen molar-refractivity contribution in [2.45, 2.75) is 38.1 Å². The number of rotatable bonds is 4. The van der Waals surface area contributed by atoms with Crippen LogP contribution in [-0.4, -0.2) is 23.0 Å². The molecule has 0 unspecified atom stereocenters. The largest absolute Gasteiger partial charge is 0.478 e. The zero-order valence-electron chi connectivity index (χ0n) is 11.2. The molecule has 3 rings (SSSR count). The van der Waals surface area contributed by atoms with Crippen LogP contribution in [0.4, 0.5) is 5.69 Å². The molecule has 1 aromatic rings.